The van der Waals surface area contributed by atoms with Gasteiger partial charge in [-0.15, -0.1) is 0 Å². The van der Waals surface area contributed by atoms with Gasteiger partial charge >= 0.3 is 0 Å². The molecule has 1 fully saturated rings. The molecule has 1 saturated heterocycles. The Morgan fingerprint density at radius 2 is 2.40 bits per heavy atom. The molecule has 2 aliphatic rings. The Morgan fingerprint density at radius 3 is 2.93 bits per heavy atom. The second-order valence-corrected chi connectivity index (χ2v) is 6.21. The number of thioether (sulfide) groups is 1. The predicted octanol–water partition coefficient (Wildman–Crippen LogP) is 2.55. The van der Waals surface area contributed by atoms with Gasteiger partial charge in [-0.1, -0.05) is 0 Å². The van der Waals surface area contributed by atoms with Crippen molar-refractivity contribution < 1.29 is 4.74 Å². The Kier molecular flexibility index (Phi) is 3.62. The molecule has 0 aliphatic carbocycles. The highest BCUT2D eigenvalue weighted by molar-refractivity contribution is 8.00. The van der Waals surface area contributed by atoms with Crippen molar-refractivity contribution in [2.75, 3.05) is 19.4 Å². The van der Waals surface area contributed by atoms with Crippen LogP contribution in [0.1, 0.15) is 32.6 Å². The third kappa shape index (κ3) is 2.34. The van der Waals surface area contributed by atoms with Crippen LogP contribution in [0.3, 0.4) is 0 Å². The Bertz CT molecular complexity index is 246. The molecule has 2 rings (SSSR count). The van der Waals surface area contributed by atoms with Gasteiger partial charge in [0.1, 0.15) is 5.76 Å². The van der Waals surface area contributed by atoms with Crippen molar-refractivity contribution in [2.24, 2.45) is 0 Å². The average molecular weight is 227 g/mol. The zero-order valence-electron chi connectivity index (χ0n) is 9.71. The van der Waals surface area contributed by atoms with Gasteiger partial charge in [0.05, 0.1) is 12.6 Å². The minimum atomic E-state index is 0.331. The van der Waals surface area contributed by atoms with E-state index in [0.29, 0.717) is 10.8 Å². The van der Waals surface area contributed by atoms with Crippen LogP contribution in [-0.4, -0.2) is 30.2 Å². The zero-order chi connectivity index (χ0) is 10.7. The second-order valence-electron chi connectivity index (χ2n) is 4.58. The number of likely N-dealkylation sites (N-methyl/N-ethyl adjacent to an activating group) is 1. The van der Waals surface area contributed by atoms with E-state index >= 15 is 0 Å². The molecule has 2 nitrogen and oxygen atoms in total. The summed E-state index contributed by atoms with van der Waals surface area (Å²) in [4.78, 5) is 0. The molecule has 0 spiro atoms. The van der Waals surface area contributed by atoms with Crippen molar-refractivity contribution in [2.45, 2.75) is 43.4 Å². The van der Waals surface area contributed by atoms with Crippen LogP contribution in [0.15, 0.2) is 11.8 Å². The smallest absolute Gasteiger partial charge is 0.110 e. The molecule has 0 amide bonds. The number of hydrogen-bond donors (Lipinski definition) is 1. The summed E-state index contributed by atoms with van der Waals surface area (Å²) in [7, 11) is 2.05. The molecule has 2 aliphatic heterocycles. The molecule has 0 aromatic rings. The molecule has 1 N–H and O–H groups in total. The van der Waals surface area contributed by atoms with E-state index in [9.17, 15) is 0 Å². The molecule has 0 aromatic carbocycles. The van der Waals surface area contributed by atoms with Crippen molar-refractivity contribution in [3.8, 4) is 0 Å². The summed E-state index contributed by atoms with van der Waals surface area (Å²) in [6.07, 6.45) is 7.25. The van der Waals surface area contributed by atoms with Gasteiger partial charge in [-0.25, -0.2) is 0 Å². The fourth-order valence-corrected chi connectivity index (χ4v) is 4.00. The first kappa shape index (κ1) is 11.3. The van der Waals surface area contributed by atoms with Gasteiger partial charge < -0.3 is 10.1 Å². The molecular weight excluding hydrogens is 206 g/mol. The Hall–Kier alpha value is -0.150. The van der Waals surface area contributed by atoms with Gasteiger partial charge in [-0.05, 0) is 51.5 Å². The van der Waals surface area contributed by atoms with Gasteiger partial charge in [-0.3, -0.25) is 0 Å². The molecule has 0 radical (unpaired) electrons. The maximum absolute atomic E-state index is 5.79. The highest BCUT2D eigenvalue weighted by atomic mass is 32.2. The highest BCUT2D eigenvalue weighted by Crippen LogP contribution is 2.43. The summed E-state index contributed by atoms with van der Waals surface area (Å²) in [6, 6.07) is 0.394. The Balaban J connectivity index is 2.11. The third-order valence-corrected chi connectivity index (χ3v) is 4.99. The van der Waals surface area contributed by atoms with Gasteiger partial charge in [0.25, 0.3) is 0 Å². The molecule has 2 unspecified atom stereocenters. The number of nitrogens with one attached hydrogen (secondary N) is 1. The first-order valence-electron chi connectivity index (χ1n) is 5.90. The van der Waals surface area contributed by atoms with Crippen LogP contribution in [0.5, 0.6) is 0 Å². The third-order valence-electron chi connectivity index (χ3n) is 3.40. The number of allylic oxidation sites excluding steroid dienone is 1. The maximum Gasteiger partial charge on any atom is 0.110 e. The molecule has 2 heterocycles. The first-order chi connectivity index (χ1) is 7.26. The predicted molar refractivity (Wildman–Crippen MR) is 66.2 cm³/mol. The molecule has 0 bridgehead atoms. The second kappa shape index (κ2) is 4.79. The molecule has 2 atom stereocenters. The largest absolute Gasteiger partial charge is 0.497 e. The van der Waals surface area contributed by atoms with Gasteiger partial charge in [0.2, 0.25) is 0 Å². The van der Waals surface area contributed by atoms with Crippen molar-refractivity contribution in [1.29, 1.82) is 0 Å². The van der Waals surface area contributed by atoms with E-state index in [1.54, 1.807) is 0 Å². The fraction of sp³-hybridized carbons (Fsp3) is 0.833. The molecule has 15 heavy (non-hydrogen) atoms. The monoisotopic (exact) mass is 227 g/mol. The number of hydrogen-bond acceptors (Lipinski definition) is 3. The summed E-state index contributed by atoms with van der Waals surface area (Å²) in [5.74, 6) is 2.47. The quantitative estimate of drug-likeness (QED) is 0.800. The number of rotatable bonds is 3. The SMILES string of the molecule is CNC(C1=CCCCO1)C1(C)CCCS1. The highest BCUT2D eigenvalue weighted by Gasteiger charge is 2.40. The van der Waals surface area contributed by atoms with Gasteiger partial charge in [-0.2, -0.15) is 11.8 Å². The van der Waals surface area contributed by atoms with E-state index in [4.69, 9.17) is 4.74 Å². The molecule has 86 valence electrons. The van der Waals surface area contributed by atoms with E-state index < -0.39 is 0 Å². The van der Waals surface area contributed by atoms with Crippen LogP contribution in [0.4, 0.5) is 0 Å². The molecule has 0 saturated carbocycles. The van der Waals surface area contributed by atoms with Crippen LogP contribution in [0, 0.1) is 0 Å². The van der Waals surface area contributed by atoms with E-state index in [2.05, 4.69) is 30.1 Å². The minimum absolute atomic E-state index is 0.331. The molecular formula is C12H21NOS. The van der Waals surface area contributed by atoms with E-state index in [1.807, 2.05) is 7.05 Å². The lowest BCUT2D eigenvalue weighted by atomic mass is 9.93. The van der Waals surface area contributed by atoms with Crippen LogP contribution >= 0.6 is 11.8 Å². The lowest BCUT2D eigenvalue weighted by Crippen LogP contribution is -2.46. The Labute approximate surface area is 96.8 Å². The van der Waals surface area contributed by atoms with Gasteiger partial charge in [0.15, 0.2) is 0 Å². The normalized spacial score (nSPS) is 33.3. The maximum atomic E-state index is 5.79. The van der Waals surface area contributed by atoms with Crippen LogP contribution in [-0.2, 0) is 4.74 Å². The zero-order valence-corrected chi connectivity index (χ0v) is 10.5. The van der Waals surface area contributed by atoms with E-state index in [1.165, 1.54) is 37.2 Å². The van der Waals surface area contributed by atoms with Crippen molar-refractivity contribution in [3.63, 3.8) is 0 Å². The Morgan fingerprint density at radius 1 is 1.53 bits per heavy atom. The topological polar surface area (TPSA) is 21.3 Å². The lowest BCUT2D eigenvalue weighted by Gasteiger charge is -2.35. The summed E-state index contributed by atoms with van der Waals surface area (Å²) < 4.78 is 6.13. The van der Waals surface area contributed by atoms with Crippen molar-refractivity contribution in [1.82, 2.24) is 5.32 Å². The summed E-state index contributed by atoms with van der Waals surface area (Å²) in [5.41, 5.74) is 0. The van der Waals surface area contributed by atoms with E-state index in [0.717, 1.165) is 6.61 Å². The lowest BCUT2D eigenvalue weighted by molar-refractivity contribution is 0.160. The van der Waals surface area contributed by atoms with Crippen molar-refractivity contribution in [3.05, 3.63) is 11.8 Å². The fourth-order valence-electron chi connectivity index (χ4n) is 2.55. The summed E-state index contributed by atoms with van der Waals surface area (Å²) in [5, 5.41) is 3.44. The van der Waals surface area contributed by atoms with Crippen LogP contribution < -0.4 is 5.32 Å². The average Bonchev–Trinajstić information content (AvgIpc) is 2.68. The molecule has 0 aromatic heterocycles. The van der Waals surface area contributed by atoms with Gasteiger partial charge in [0, 0.05) is 4.75 Å². The van der Waals surface area contributed by atoms with E-state index in [-0.39, 0.29) is 0 Å². The minimum Gasteiger partial charge on any atom is -0.497 e. The standard InChI is InChI=1S/C12H21NOS/c1-12(7-5-9-15-12)11(13-2)10-6-3-4-8-14-10/h6,11,13H,3-5,7-9H2,1-2H3. The van der Waals surface area contributed by atoms with Crippen LogP contribution in [0.25, 0.3) is 0 Å². The molecule has 3 heteroatoms. The summed E-state index contributed by atoms with van der Waals surface area (Å²) in [6.45, 7) is 3.26. The first-order valence-corrected chi connectivity index (χ1v) is 6.89. The number of ether oxygens (including phenoxy) is 1. The van der Waals surface area contributed by atoms with Crippen molar-refractivity contribution >= 4 is 11.8 Å². The summed E-state index contributed by atoms with van der Waals surface area (Å²) >= 11 is 2.09. The van der Waals surface area contributed by atoms with Crippen LogP contribution in [0.2, 0.25) is 0 Å².